The monoisotopic (exact) mass is 237 g/mol. The number of halogens is 1. The number of thiophene rings is 1. The van der Waals surface area contributed by atoms with Gasteiger partial charge >= 0.3 is 0 Å². The molecule has 1 aliphatic rings. The third-order valence-corrected chi connectivity index (χ3v) is 3.34. The molecule has 2 aromatic rings. The van der Waals surface area contributed by atoms with Crippen LogP contribution >= 0.6 is 22.9 Å². The normalized spacial score (nSPS) is 13.1. The Labute approximate surface area is 96.5 Å². The van der Waals surface area contributed by atoms with Crippen LogP contribution in [0.4, 0.5) is 5.69 Å². The summed E-state index contributed by atoms with van der Waals surface area (Å²) >= 11 is 7.57. The van der Waals surface area contributed by atoms with Crippen molar-refractivity contribution in [3.8, 4) is 11.5 Å². The van der Waals surface area contributed by atoms with Gasteiger partial charge in [0.25, 0.3) is 0 Å². The first-order valence-corrected chi connectivity index (χ1v) is 5.91. The van der Waals surface area contributed by atoms with E-state index in [0.717, 1.165) is 23.7 Å². The second-order valence-electron chi connectivity index (χ2n) is 3.36. The lowest BCUT2D eigenvalue weighted by atomic mass is 10.3. The molecule has 1 aromatic heterocycles. The van der Waals surface area contributed by atoms with Crippen molar-refractivity contribution in [3.63, 3.8) is 0 Å². The van der Waals surface area contributed by atoms with Gasteiger partial charge < -0.3 is 10.1 Å². The Bertz CT molecular complexity index is 509. The Morgan fingerprint density at radius 3 is 3.13 bits per heavy atom. The Balaban J connectivity index is 2.08. The highest BCUT2D eigenvalue weighted by atomic mass is 35.5. The van der Waals surface area contributed by atoms with Crippen molar-refractivity contribution in [2.45, 2.75) is 6.54 Å². The summed E-state index contributed by atoms with van der Waals surface area (Å²) in [4.78, 5) is 0. The molecule has 0 unspecified atom stereocenters. The quantitative estimate of drug-likeness (QED) is 0.744. The molecule has 0 spiro atoms. The van der Waals surface area contributed by atoms with Crippen LogP contribution in [0.3, 0.4) is 0 Å². The first kappa shape index (κ1) is 9.07. The molecule has 0 bridgehead atoms. The zero-order valence-electron chi connectivity index (χ0n) is 7.79. The first-order chi connectivity index (χ1) is 7.33. The molecule has 0 fully saturated rings. The third kappa shape index (κ3) is 1.58. The van der Waals surface area contributed by atoms with Crippen molar-refractivity contribution in [2.75, 3.05) is 5.32 Å². The van der Waals surface area contributed by atoms with Gasteiger partial charge in [0, 0.05) is 22.5 Å². The van der Waals surface area contributed by atoms with Gasteiger partial charge in [-0.1, -0.05) is 11.6 Å². The van der Waals surface area contributed by atoms with Gasteiger partial charge in [0.15, 0.2) is 5.75 Å². The van der Waals surface area contributed by atoms with E-state index < -0.39 is 0 Å². The molecule has 4 heteroatoms. The summed E-state index contributed by atoms with van der Waals surface area (Å²) < 4.78 is 5.79. The molecule has 76 valence electrons. The van der Waals surface area contributed by atoms with Gasteiger partial charge in [0.1, 0.15) is 5.75 Å². The molecular formula is C11H8ClNOS. The van der Waals surface area contributed by atoms with Crippen LogP contribution in [-0.4, -0.2) is 0 Å². The summed E-state index contributed by atoms with van der Waals surface area (Å²) in [7, 11) is 0. The second kappa shape index (κ2) is 3.43. The van der Waals surface area contributed by atoms with Crippen LogP contribution in [0.5, 0.6) is 11.5 Å². The highest BCUT2D eigenvalue weighted by molar-refractivity contribution is 7.08. The fourth-order valence-corrected chi connectivity index (χ4v) is 2.50. The predicted molar refractivity (Wildman–Crippen MR) is 63.2 cm³/mol. The summed E-state index contributed by atoms with van der Waals surface area (Å²) in [6.07, 6.45) is 0. The van der Waals surface area contributed by atoms with Gasteiger partial charge in [-0.3, -0.25) is 0 Å². The Hall–Kier alpha value is -1.19. The van der Waals surface area contributed by atoms with Gasteiger partial charge in [0.2, 0.25) is 0 Å². The lowest BCUT2D eigenvalue weighted by molar-refractivity contribution is 0.486. The van der Waals surface area contributed by atoms with E-state index in [1.807, 2.05) is 23.6 Å². The molecule has 15 heavy (non-hydrogen) atoms. The van der Waals surface area contributed by atoms with E-state index in [2.05, 4.69) is 10.7 Å². The highest BCUT2D eigenvalue weighted by Crippen LogP contribution is 2.38. The summed E-state index contributed by atoms with van der Waals surface area (Å²) in [5.74, 6) is 1.77. The van der Waals surface area contributed by atoms with E-state index in [4.69, 9.17) is 16.3 Å². The summed E-state index contributed by atoms with van der Waals surface area (Å²) in [6, 6.07) is 5.60. The van der Waals surface area contributed by atoms with E-state index in [9.17, 15) is 0 Å². The highest BCUT2D eigenvalue weighted by Gasteiger charge is 2.14. The average Bonchev–Trinajstić information content (AvgIpc) is 2.59. The Morgan fingerprint density at radius 1 is 1.27 bits per heavy atom. The topological polar surface area (TPSA) is 21.3 Å². The van der Waals surface area contributed by atoms with Crippen LogP contribution < -0.4 is 10.1 Å². The molecular weight excluding hydrogens is 230 g/mol. The minimum Gasteiger partial charge on any atom is -0.454 e. The van der Waals surface area contributed by atoms with Crippen molar-refractivity contribution in [1.82, 2.24) is 0 Å². The maximum absolute atomic E-state index is 5.92. The van der Waals surface area contributed by atoms with E-state index >= 15 is 0 Å². The molecule has 1 aliphatic heterocycles. The third-order valence-electron chi connectivity index (χ3n) is 2.33. The average molecular weight is 238 g/mol. The van der Waals surface area contributed by atoms with Crippen LogP contribution in [0.2, 0.25) is 5.02 Å². The molecule has 2 heterocycles. The second-order valence-corrected chi connectivity index (χ2v) is 4.54. The van der Waals surface area contributed by atoms with Crippen molar-refractivity contribution < 1.29 is 4.74 Å². The van der Waals surface area contributed by atoms with Gasteiger partial charge in [-0.05, 0) is 23.6 Å². The molecule has 0 saturated heterocycles. The minimum atomic E-state index is 0.717. The Kier molecular flexibility index (Phi) is 2.08. The lowest BCUT2D eigenvalue weighted by Crippen LogP contribution is -1.95. The largest absolute Gasteiger partial charge is 0.454 e. The van der Waals surface area contributed by atoms with Crippen molar-refractivity contribution in [1.29, 1.82) is 0 Å². The number of ether oxygens (including phenoxy) is 1. The van der Waals surface area contributed by atoms with Crippen LogP contribution in [0, 0.1) is 0 Å². The van der Waals surface area contributed by atoms with E-state index in [-0.39, 0.29) is 0 Å². The predicted octanol–water partition coefficient (Wildman–Crippen LogP) is 4.12. The van der Waals surface area contributed by atoms with E-state index in [1.165, 1.54) is 5.56 Å². The maximum Gasteiger partial charge on any atom is 0.150 e. The number of hydrogen-bond donors (Lipinski definition) is 1. The maximum atomic E-state index is 5.92. The summed E-state index contributed by atoms with van der Waals surface area (Å²) in [6.45, 7) is 0.784. The molecule has 1 aromatic carbocycles. The molecule has 0 radical (unpaired) electrons. The number of fused-ring (bicyclic) bond motifs is 2. The molecule has 0 amide bonds. The van der Waals surface area contributed by atoms with Crippen LogP contribution in [0.15, 0.2) is 29.0 Å². The van der Waals surface area contributed by atoms with Gasteiger partial charge in [-0.15, -0.1) is 11.3 Å². The van der Waals surface area contributed by atoms with Crippen LogP contribution in [0.25, 0.3) is 0 Å². The van der Waals surface area contributed by atoms with Crippen molar-refractivity contribution >= 4 is 28.6 Å². The molecule has 3 rings (SSSR count). The first-order valence-electron chi connectivity index (χ1n) is 4.59. The zero-order chi connectivity index (χ0) is 10.3. The summed E-state index contributed by atoms with van der Waals surface area (Å²) in [5, 5.41) is 8.13. The zero-order valence-corrected chi connectivity index (χ0v) is 9.36. The van der Waals surface area contributed by atoms with Gasteiger partial charge in [0.05, 0.1) is 5.69 Å². The van der Waals surface area contributed by atoms with Crippen LogP contribution in [0.1, 0.15) is 5.56 Å². The number of anilines is 1. The number of rotatable bonds is 0. The SMILES string of the molecule is Clc1ccc2c(c1)NCc1cscc1O2. The van der Waals surface area contributed by atoms with E-state index in [1.54, 1.807) is 11.3 Å². The van der Waals surface area contributed by atoms with Crippen LogP contribution in [-0.2, 0) is 6.54 Å². The van der Waals surface area contributed by atoms with Crippen molar-refractivity contribution in [2.24, 2.45) is 0 Å². The van der Waals surface area contributed by atoms with Gasteiger partial charge in [-0.25, -0.2) is 0 Å². The number of nitrogens with one attached hydrogen (secondary N) is 1. The summed E-state index contributed by atoms with van der Waals surface area (Å²) in [5.41, 5.74) is 2.14. The molecule has 0 atom stereocenters. The molecule has 2 nitrogen and oxygen atoms in total. The van der Waals surface area contributed by atoms with Crippen molar-refractivity contribution in [3.05, 3.63) is 39.5 Å². The van der Waals surface area contributed by atoms with E-state index in [0.29, 0.717) is 5.02 Å². The fraction of sp³-hybridized carbons (Fsp3) is 0.0909. The number of benzene rings is 1. The lowest BCUT2D eigenvalue weighted by Gasteiger charge is -2.07. The molecule has 0 saturated carbocycles. The number of hydrogen-bond acceptors (Lipinski definition) is 3. The fourth-order valence-electron chi connectivity index (χ4n) is 1.57. The minimum absolute atomic E-state index is 0.717. The van der Waals surface area contributed by atoms with Gasteiger partial charge in [-0.2, -0.15) is 0 Å². The molecule has 0 aliphatic carbocycles. The Morgan fingerprint density at radius 2 is 2.20 bits per heavy atom. The molecule has 1 N–H and O–H groups in total. The smallest absolute Gasteiger partial charge is 0.150 e. The standard InChI is InChI=1S/C11H8ClNOS/c12-8-1-2-10-9(3-8)13-4-7-5-15-6-11(7)14-10/h1-3,5-6,13H,4H2.